The molecule has 1 N–H and O–H groups in total. The van der Waals surface area contributed by atoms with E-state index in [0.717, 1.165) is 11.1 Å². The monoisotopic (exact) mass is 501 g/mol. The molecule has 3 aromatic carbocycles. The predicted molar refractivity (Wildman–Crippen MR) is 148 cm³/mol. The molecule has 0 spiro atoms. The first-order chi connectivity index (χ1) is 17.0. The summed E-state index contributed by atoms with van der Waals surface area (Å²) >= 11 is 1.31. The van der Waals surface area contributed by atoms with Crippen LogP contribution in [-0.4, -0.2) is 28.9 Å². The molecule has 0 aliphatic heterocycles. The Morgan fingerprint density at radius 1 is 0.829 bits per heavy atom. The van der Waals surface area contributed by atoms with Crippen LogP contribution in [0.5, 0.6) is 0 Å². The Morgan fingerprint density at radius 3 is 1.69 bits per heavy atom. The molecule has 5 heteroatoms. The number of aryl methyl sites for hydroxylation is 1. The topological polar surface area (TPSA) is 54.4 Å². The van der Waals surface area contributed by atoms with Crippen molar-refractivity contribution in [3.05, 3.63) is 112 Å². The van der Waals surface area contributed by atoms with Crippen LogP contribution in [0.15, 0.2) is 96.4 Å². The highest BCUT2D eigenvalue weighted by atomic mass is 32.1. The molecule has 35 heavy (non-hydrogen) atoms. The molecule has 4 rings (SSSR count). The minimum atomic E-state index is -2.38. The Bertz CT molecular complexity index is 1190. The van der Waals surface area contributed by atoms with E-state index in [9.17, 15) is 14.7 Å². The molecule has 0 aliphatic rings. The quantitative estimate of drug-likeness (QED) is 0.243. The van der Waals surface area contributed by atoms with Crippen molar-refractivity contribution in [2.24, 2.45) is 0 Å². The van der Waals surface area contributed by atoms with E-state index in [1.807, 2.05) is 66.9 Å². The van der Waals surface area contributed by atoms with Gasteiger partial charge >= 0.3 is 0 Å². The van der Waals surface area contributed by atoms with Crippen molar-refractivity contribution < 1.29 is 14.7 Å². The summed E-state index contributed by atoms with van der Waals surface area (Å²) < 4.78 is 0. The molecule has 0 amide bonds. The first kappa shape index (κ1) is 25.2. The standard InChI is InChI=1S/C30H30O3PS/c1-3-29(27(32)19-26-22(2)21-35-30(26)28(33)20-31)34(23-13-7-4-8-14-23,24-15-9-5-10-16-24)25-17-11-6-12-18-25/h4-18,21,29,31H,3,19-20H2,1-2H3/q+1. The molecule has 0 radical (unpaired) electrons. The van der Waals surface area contributed by atoms with E-state index >= 15 is 0 Å². The lowest BCUT2D eigenvalue weighted by molar-refractivity contribution is -0.118. The number of thiophene rings is 1. The molecule has 4 aromatic rings. The third-order valence-electron chi connectivity index (χ3n) is 6.57. The number of carbonyl (C=O) groups excluding carboxylic acids is 2. The molecule has 0 fully saturated rings. The van der Waals surface area contributed by atoms with Crippen molar-refractivity contribution in [1.29, 1.82) is 0 Å². The molecule has 178 valence electrons. The largest absolute Gasteiger partial charge is 0.388 e. The second-order valence-electron chi connectivity index (χ2n) is 8.60. The maximum atomic E-state index is 14.3. The summed E-state index contributed by atoms with van der Waals surface area (Å²) in [6.07, 6.45) is 0.862. The second kappa shape index (κ2) is 11.2. The Morgan fingerprint density at radius 2 is 1.29 bits per heavy atom. The van der Waals surface area contributed by atoms with Crippen LogP contribution in [0.25, 0.3) is 0 Å². The lowest BCUT2D eigenvalue weighted by atomic mass is 10.0. The van der Waals surface area contributed by atoms with Crippen LogP contribution in [0.2, 0.25) is 0 Å². The fourth-order valence-corrected chi connectivity index (χ4v) is 11.0. The summed E-state index contributed by atoms with van der Waals surface area (Å²) in [5.74, 6) is -0.194. The van der Waals surface area contributed by atoms with E-state index in [2.05, 4.69) is 43.3 Å². The molecule has 0 aliphatic carbocycles. The molecule has 0 saturated carbocycles. The van der Waals surface area contributed by atoms with Gasteiger partial charge in [0.25, 0.3) is 0 Å². The van der Waals surface area contributed by atoms with Crippen molar-refractivity contribution in [2.75, 3.05) is 6.61 Å². The summed E-state index contributed by atoms with van der Waals surface area (Å²) in [4.78, 5) is 27.2. The maximum absolute atomic E-state index is 14.3. The van der Waals surface area contributed by atoms with Gasteiger partial charge in [-0.3, -0.25) is 9.59 Å². The Balaban J connectivity index is 1.93. The van der Waals surface area contributed by atoms with E-state index in [1.165, 1.54) is 27.3 Å². The normalized spacial score (nSPS) is 12.3. The van der Waals surface area contributed by atoms with Gasteiger partial charge in [0.2, 0.25) is 0 Å². The number of rotatable bonds is 10. The highest BCUT2D eigenvalue weighted by molar-refractivity contribution is 7.96. The summed E-state index contributed by atoms with van der Waals surface area (Å²) in [6, 6.07) is 31.3. The number of hydrogen-bond donors (Lipinski definition) is 1. The zero-order valence-corrected chi connectivity index (χ0v) is 21.8. The van der Waals surface area contributed by atoms with Crippen LogP contribution in [0.1, 0.15) is 34.1 Å². The fraction of sp³-hybridized carbons (Fsp3) is 0.200. The van der Waals surface area contributed by atoms with Gasteiger partial charge in [-0.1, -0.05) is 61.5 Å². The minimum absolute atomic E-state index is 0.130. The van der Waals surface area contributed by atoms with Gasteiger partial charge in [0.1, 0.15) is 35.4 Å². The van der Waals surface area contributed by atoms with Gasteiger partial charge in [-0.05, 0) is 66.2 Å². The minimum Gasteiger partial charge on any atom is -0.388 e. The van der Waals surface area contributed by atoms with Crippen LogP contribution < -0.4 is 15.9 Å². The first-order valence-electron chi connectivity index (χ1n) is 11.8. The van der Waals surface area contributed by atoms with Crippen molar-refractivity contribution >= 4 is 46.1 Å². The van der Waals surface area contributed by atoms with E-state index in [1.54, 1.807) is 0 Å². The number of benzene rings is 3. The summed E-state index contributed by atoms with van der Waals surface area (Å²) in [5.41, 5.74) is 1.42. The molecular weight excluding hydrogens is 471 g/mol. The summed E-state index contributed by atoms with van der Waals surface area (Å²) in [5, 5.41) is 14.9. The van der Waals surface area contributed by atoms with Crippen LogP contribution in [0.4, 0.5) is 0 Å². The van der Waals surface area contributed by atoms with Crippen molar-refractivity contribution in [3.63, 3.8) is 0 Å². The maximum Gasteiger partial charge on any atom is 0.198 e. The van der Waals surface area contributed by atoms with Gasteiger partial charge in [0.05, 0.1) is 4.88 Å². The fourth-order valence-electron chi connectivity index (χ4n) is 4.98. The Hall–Kier alpha value is -2.91. The number of ketones is 2. The molecular formula is C30H30O3PS+. The average Bonchev–Trinajstić information content (AvgIpc) is 3.27. The van der Waals surface area contributed by atoms with E-state index in [-0.39, 0.29) is 23.6 Å². The van der Waals surface area contributed by atoms with E-state index in [4.69, 9.17) is 0 Å². The third kappa shape index (κ3) is 4.79. The van der Waals surface area contributed by atoms with Gasteiger partial charge < -0.3 is 5.11 Å². The lowest BCUT2D eigenvalue weighted by Gasteiger charge is -2.33. The van der Waals surface area contributed by atoms with Crippen molar-refractivity contribution in [2.45, 2.75) is 32.3 Å². The predicted octanol–water partition coefficient (Wildman–Crippen LogP) is 5.12. The lowest BCUT2D eigenvalue weighted by Crippen LogP contribution is -2.42. The zero-order chi connectivity index (χ0) is 24.8. The van der Waals surface area contributed by atoms with Gasteiger partial charge in [0.15, 0.2) is 11.6 Å². The van der Waals surface area contributed by atoms with Gasteiger partial charge in [-0.2, -0.15) is 0 Å². The van der Waals surface area contributed by atoms with Gasteiger partial charge in [0, 0.05) is 6.42 Å². The third-order valence-corrected chi connectivity index (χ3v) is 12.7. The number of aliphatic hydroxyl groups excluding tert-OH is 1. The Kier molecular flexibility index (Phi) is 8.07. The molecule has 1 unspecified atom stereocenters. The number of Topliss-reactive ketones (excluding diaryl/α,β-unsaturated/α-hetero) is 2. The zero-order valence-electron chi connectivity index (χ0n) is 20.1. The first-order valence-corrected chi connectivity index (χ1v) is 14.6. The smallest absolute Gasteiger partial charge is 0.198 e. The summed E-state index contributed by atoms with van der Waals surface area (Å²) in [6.45, 7) is 3.47. The highest BCUT2D eigenvalue weighted by Crippen LogP contribution is 2.61. The van der Waals surface area contributed by atoms with Crippen LogP contribution >= 0.6 is 18.6 Å². The SMILES string of the molecule is CCC(C(=O)Cc1c(C)csc1C(=O)CO)[P+](c1ccccc1)(c1ccccc1)c1ccccc1. The van der Waals surface area contributed by atoms with Crippen LogP contribution in [0, 0.1) is 6.92 Å². The average molecular weight is 502 g/mol. The van der Waals surface area contributed by atoms with Crippen LogP contribution in [-0.2, 0) is 11.2 Å². The second-order valence-corrected chi connectivity index (χ2v) is 13.1. The molecule has 0 bridgehead atoms. The molecule has 1 aromatic heterocycles. The molecule has 0 saturated heterocycles. The van der Waals surface area contributed by atoms with Crippen molar-refractivity contribution in [1.82, 2.24) is 0 Å². The number of hydrogen-bond acceptors (Lipinski definition) is 4. The molecule has 3 nitrogen and oxygen atoms in total. The molecule has 1 atom stereocenters. The summed E-state index contributed by atoms with van der Waals surface area (Å²) in [7, 11) is -2.38. The van der Waals surface area contributed by atoms with E-state index in [0.29, 0.717) is 11.3 Å². The van der Waals surface area contributed by atoms with E-state index < -0.39 is 13.9 Å². The number of aliphatic hydroxyl groups is 1. The van der Waals surface area contributed by atoms with Gasteiger partial charge in [-0.15, -0.1) is 11.3 Å². The number of carbonyl (C=O) groups is 2. The molecule has 1 heterocycles. The van der Waals surface area contributed by atoms with Crippen molar-refractivity contribution in [3.8, 4) is 0 Å². The van der Waals surface area contributed by atoms with Gasteiger partial charge in [-0.25, -0.2) is 0 Å². The van der Waals surface area contributed by atoms with Crippen LogP contribution in [0.3, 0.4) is 0 Å². The Labute approximate surface area is 211 Å². The highest BCUT2D eigenvalue weighted by Gasteiger charge is 2.54.